The molecule has 1 aliphatic rings. The van der Waals surface area contributed by atoms with Crippen LogP contribution in [0.25, 0.3) is 0 Å². The summed E-state index contributed by atoms with van der Waals surface area (Å²) in [6.07, 6.45) is 4.31. The van der Waals surface area contributed by atoms with Crippen LogP contribution >= 0.6 is 0 Å². The lowest BCUT2D eigenvalue weighted by Gasteiger charge is -2.35. The van der Waals surface area contributed by atoms with Crippen LogP contribution in [0.15, 0.2) is 109 Å². The Morgan fingerprint density at radius 3 is 1.98 bits per heavy atom. The second-order valence-corrected chi connectivity index (χ2v) is 10.6. The van der Waals surface area contributed by atoms with Gasteiger partial charge in [0.25, 0.3) is 5.91 Å². The van der Waals surface area contributed by atoms with Gasteiger partial charge < -0.3 is 15.5 Å². The molecule has 4 aromatic carbocycles. The number of hydrogen-bond acceptors (Lipinski definition) is 3. The molecule has 0 unspecified atom stereocenters. The van der Waals surface area contributed by atoms with Crippen molar-refractivity contribution in [3.8, 4) is 0 Å². The van der Waals surface area contributed by atoms with E-state index in [1.54, 1.807) is 0 Å². The Morgan fingerprint density at radius 1 is 0.725 bits per heavy atom. The van der Waals surface area contributed by atoms with Gasteiger partial charge in [-0.25, -0.2) is 0 Å². The molecule has 0 atom stereocenters. The first-order valence-electron chi connectivity index (χ1n) is 14.2. The number of piperidine rings is 1. The second-order valence-electron chi connectivity index (χ2n) is 10.6. The monoisotopic (exact) mass is 531 g/mol. The van der Waals surface area contributed by atoms with Crippen molar-refractivity contribution in [3.05, 3.63) is 131 Å². The molecule has 1 heterocycles. The quantitative estimate of drug-likeness (QED) is 0.253. The molecule has 2 amide bonds. The van der Waals surface area contributed by atoms with E-state index < -0.39 is 0 Å². The maximum absolute atomic E-state index is 13.5. The highest BCUT2D eigenvalue weighted by Gasteiger charge is 2.24. The van der Waals surface area contributed by atoms with Gasteiger partial charge in [0.05, 0.1) is 12.0 Å². The van der Waals surface area contributed by atoms with Gasteiger partial charge in [-0.05, 0) is 66.5 Å². The summed E-state index contributed by atoms with van der Waals surface area (Å²) in [7, 11) is 0. The number of amides is 2. The lowest BCUT2D eigenvalue weighted by molar-refractivity contribution is -0.115. The molecular weight excluding hydrogens is 494 g/mol. The third-order valence-electron chi connectivity index (χ3n) is 7.60. The van der Waals surface area contributed by atoms with E-state index in [1.807, 2.05) is 66.7 Å². The predicted molar refractivity (Wildman–Crippen MR) is 163 cm³/mol. The molecule has 0 aliphatic carbocycles. The second kappa shape index (κ2) is 13.6. The molecule has 40 heavy (non-hydrogen) atoms. The van der Waals surface area contributed by atoms with Crippen molar-refractivity contribution in [2.45, 2.75) is 32.1 Å². The van der Waals surface area contributed by atoms with E-state index in [9.17, 15) is 9.59 Å². The van der Waals surface area contributed by atoms with Crippen molar-refractivity contribution in [1.29, 1.82) is 0 Å². The van der Waals surface area contributed by atoms with E-state index in [4.69, 9.17) is 0 Å². The first-order chi connectivity index (χ1) is 19.6. The highest BCUT2D eigenvalue weighted by Crippen LogP contribution is 2.30. The largest absolute Gasteiger partial charge is 0.371 e. The zero-order valence-electron chi connectivity index (χ0n) is 22.9. The molecule has 0 spiro atoms. The SMILES string of the molecule is O=C(Cc1ccccc1)Nc1ccc(N2CCC(Cc3ccccc3)CC2)c(C(=O)NCCc2ccccc2)c1. The van der Waals surface area contributed by atoms with E-state index in [-0.39, 0.29) is 18.2 Å². The lowest BCUT2D eigenvalue weighted by Crippen LogP contribution is -2.36. The average Bonchev–Trinajstić information content (AvgIpc) is 2.99. The van der Waals surface area contributed by atoms with Crippen LogP contribution in [0.1, 0.15) is 39.9 Å². The van der Waals surface area contributed by atoms with Gasteiger partial charge in [0.2, 0.25) is 5.91 Å². The highest BCUT2D eigenvalue weighted by atomic mass is 16.2. The smallest absolute Gasteiger partial charge is 0.253 e. The van der Waals surface area contributed by atoms with Crippen LogP contribution in [0.2, 0.25) is 0 Å². The van der Waals surface area contributed by atoms with E-state index in [1.165, 1.54) is 11.1 Å². The van der Waals surface area contributed by atoms with Gasteiger partial charge in [-0.1, -0.05) is 91.0 Å². The Morgan fingerprint density at radius 2 is 1.32 bits per heavy atom. The number of nitrogens with one attached hydrogen (secondary N) is 2. The Bertz CT molecular complexity index is 1380. The minimum atomic E-state index is -0.114. The van der Waals surface area contributed by atoms with Gasteiger partial charge in [0.15, 0.2) is 0 Å². The molecule has 5 nitrogen and oxygen atoms in total. The zero-order valence-corrected chi connectivity index (χ0v) is 22.9. The Labute approximate surface area is 237 Å². The molecule has 1 saturated heterocycles. The summed E-state index contributed by atoms with van der Waals surface area (Å²) in [5, 5.41) is 6.11. The molecule has 1 aliphatic heterocycles. The number of carbonyl (C=O) groups excluding carboxylic acids is 2. The molecule has 204 valence electrons. The fourth-order valence-electron chi connectivity index (χ4n) is 5.44. The van der Waals surface area contributed by atoms with Crippen molar-refractivity contribution < 1.29 is 9.59 Å². The topological polar surface area (TPSA) is 61.4 Å². The van der Waals surface area contributed by atoms with Crippen molar-refractivity contribution in [1.82, 2.24) is 5.32 Å². The van der Waals surface area contributed by atoms with Crippen LogP contribution in [0, 0.1) is 5.92 Å². The van der Waals surface area contributed by atoms with Crippen molar-refractivity contribution in [3.63, 3.8) is 0 Å². The molecule has 0 bridgehead atoms. The standard InChI is InChI=1S/C35H37N3O2/c39-34(25-29-14-8-3-9-15-29)37-31-16-17-33(32(26-31)35(40)36-21-18-27-10-4-1-5-11-27)38-22-19-30(20-23-38)24-28-12-6-2-7-13-28/h1-17,26,30H,18-25H2,(H,36,40)(H,37,39). The van der Waals surface area contributed by atoms with Crippen LogP contribution in [0.4, 0.5) is 11.4 Å². The Hall–Kier alpha value is -4.38. The van der Waals surface area contributed by atoms with E-state index in [0.717, 1.165) is 50.0 Å². The summed E-state index contributed by atoms with van der Waals surface area (Å²) in [6, 6.07) is 36.2. The summed E-state index contributed by atoms with van der Waals surface area (Å²) in [5.74, 6) is 0.422. The van der Waals surface area contributed by atoms with Crippen LogP contribution in [0.3, 0.4) is 0 Å². The molecule has 0 radical (unpaired) electrons. The lowest BCUT2D eigenvalue weighted by atomic mass is 9.89. The highest BCUT2D eigenvalue weighted by molar-refractivity contribution is 6.02. The number of rotatable bonds is 10. The van der Waals surface area contributed by atoms with Gasteiger partial charge in [0, 0.05) is 31.0 Å². The maximum Gasteiger partial charge on any atom is 0.253 e. The minimum absolute atomic E-state index is 0.101. The summed E-state index contributed by atoms with van der Waals surface area (Å²) < 4.78 is 0. The van der Waals surface area contributed by atoms with Gasteiger partial charge >= 0.3 is 0 Å². The molecular formula is C35H37N3O2. The molecule has 0 saturated carbocycles. The summed E-state index contributed by atoms with van der Waals surface area (Å²) in [4.78, 5) is 28.5. The van der Waals surface area contributed by atoms with Crippen molar-refractivity contribution >= 4 is 23.2 Å². The van der Waals surface area contributed by atoms with Crippen LogP contribution < -0.4 is 15.5 Å². The van der Waals surface area contributed by atoms with E-state index in [0.29, 0.717) is 23.7 Å². The van der Waals surface area contributed by atoms with Gasteiger partial charge in [-0.3, -0.25) is 9.59 Å². The maximum atomic E-state index is 13.5. The molecule has 0 aromatic heterocycles. The minimum Gasteiger partial charge on any atom is -0.371 e. The first kappa shape index (κ1) is 27.2. The predicted octanol–water partition coefficient (Wildman–Crippen LogP) is 6.30. The molecule has 5 heteroatoms. The summed E-state index contributed by atoms with van der Waals surface area (Å²) >= 11 is 0. The zero-order chi connectivity index (χ0) is 27.6. The first-order valence-corrected chi connectivity index (χ1v) is 14.2. The molecule has 1 fully saturated rings. The van der Waals surface area contributed by atoms with Crippen molar-refractivity contribution in [2.24, 2.45) is 5.92 Å². The third-order valence-corrected chi connectivity index (χ3v) is 7.60. The Balaban J connectivity index is 1.27. The Kier molecular flexibility index (Phi) is 9.25. The number of hydrogen-bond donors (Lipinski definition) is 2. The van der Waals surface area contributed by atoms with Gasteiger partial charge in [0.1, 0.15) is 0 Å². The fourth-order valence-corrected chi connectivity index (χ4v) is 5.44. The van der Waals surface area contributed by atoms with Crippen LogP contribution in [-0.2, 0) is 24.1 Å². The van der Waals surface area contributed by atoms with Crippen LogP contribution in [0.5, 0.6) is 0 Å². The summed E-state index contributed by atoms with van der Waals surface area (Å²) in [5.41, 5.74) is 5.69. The van der Waals surface area contributed by atoms with Crippen LogP contribution in [-0.4, -0.2) is 31.4 Å². The number of nitrogens with zero attached hydrogens (tertiary/aromatic N) is 1. The average molecular weight is 532 g/mol. The van der Waals surface area contributed by atoms with Gasteiger partial charge in [-0.15, -0.1) is 0 Å². The van der Waals surface area contributed by atoms with E-state index >= 15 is 0 Å². The number of carbonyl (C=O) groups is 2. The summed E-state index contributed by atoms with van der Waals surface area (Å²) in [6.45, 7) is 2.36. The fraction of sp³-hybridized carbons (Fsp3) is 0.257. The molecule has 4 aromatic rings. The van der Waals surface area contributed by atoms with E-state index in [2.05, 4.69) is 58.0 Å². The number of benzene rings is 4. The van der Waals surface area contributed by atoms with Gasteiger partial charge in [-0.2, -0.15) is 0 Å². The molecule has 2 N–H and O–H groups in total. The van der Waals surface area contributed by atoms with Crippen molar-refractivity contribution in [2.75, 3.05) is 29.9 Å². The number of anilines is 2. The third kappa shape index (κ3) is 7.60. The normalized spacial score (nSPS) is 13.6. The molecule has 5 rings (SSSR count).